The minimum Gasteiger partial charge on any atom is -0.337 e. The first-order valence-electron chi connectivity index (χ1n) is 8.21. The summed E-state index contributed by atoms with van der Waals surface area (Å²) in [7, 11) is -0.605. The minimum atomic E-state index is -3.51. The summed E-state index contributed by atoms with van der Waals surface area (Å²) < 4.78 is 25.1. The first-order chi connectivity index (χ1) is 12.8. The molecular weight excluding hydrogens is 368 g/mol. The molecule has 27 heavy (non-hydrogen) atoms. The molecular formula is C18H22N4O4S. The summed E-state index contributed by atoms with van der Waals surface area (Å²) >= 11 is 0. The van der Waals surface area contributed by atoms with Crippen molar-refractivity contribution in [3.63, 3.8) is 0 Å². The van der Waals surface area contributed by atoms with E-state index in [1.54, 1.807) is 24.3 Å². The maximum absolute atomic E-state index is 12.0. The fourth-order valence-electron chi connectivity index (χ4n) is 2.13. The van der Waals surface area contributed by atoms with E-state index >= 15 is 0 Å². The molecule has 0 fully saturated rings. The lowest BCUT2D eigenvalue weighted by molar-refractivity contribution is -0.116. The number of urea groups is 1. The van der Waals surface area contributed by atoms with Crippen LogP contribution in [0.1, 0.15) is 6.42 Å². The molecule has 2 rings (SSSR count). The molecule has 0 aromatic heterocycles. The van der Waals surface area contributed by atoms with Crippen molar-refractivity contribution in [2.75, 3.05) is 31.3 Å². The Morgan fingerprint density at radius 3 is 2.07 bits per heavy atom. The van der Waals surface area contributed by atoms with Crippen LogP contribution >= 0.6 is 0 Å². The summed E-state index contributed by atoms with van der Waals surface area (Å²) in [6, 6.07) is 14.5. The third-order valence-electron chi connectivity index (χ3n) is 3.59. The Balaban J connectivity index is 1.78. The maximum atomic E-state index is 12.0. The number of anilines is 2. The van der Waals surface area contributed by atoms with Crippen LogP contribution in [0.4, 0.5) is 16.2 Å². The largest absolute Gasteiger partial charge is 0.337 e. The highest BCUT2D eigenvalue weighted by molar-refractivity contribution is 7.89. The van der Waals surface area contributed by atoms with Gasteiger partial charge >= 0.3 is 6.03 Å². The van der Waals surface area contributed by atoms with Gasteiger partial charge in [0.1, 0.15) is 0 Å². The van der Waals surface area contributed by atoms with Crippen LogP contribution in [0.2, 0.25) is 0 Å². The van der Waals surface area contributed by atoms with Gasteiger partial charge in [-0.1, -0.05) is 18.2 Å². The van der Waals surface area contributed by atoms with Crippen LogP contribution in [0.15, 0.2) is 59.5 Å². The Labute approximate surface area is 158 Å². The van der Waals surface area contributed by atoms with Gasteiger partial charge in [-0.2, -0.15) is 0 Å². The molecule has 0 bridgehead atoms. The topological polar surface area (TPSA) is 108 Å². The minimum absolute atomic E-state index is 0.0833. The number of hydrogen-bond donors (Lipinski definition) is 3. The number of hydrogen-bond acceptors (Lipinski definition) is 4. The van der Waals surface area contributed by atoms with E-state index in [9.17, 15) is 18.0 Å². The summed E-state index contributed by atoms with van der Waals surface area (Å²) in [6.45, 7) is 0.164. The lowest BCUT2D eigenvalue weighted by Gasteiger charge is -2.12. The van der Waals surface area contributed by atoms with Gasteiger partial charge in [-0.15, -0.1) is 0 Å². The van der Waals surface area contributed by atoms with Crippen molar-refractivity contribution in [2.24, 2.45) is 0 Å². The molecule has 0 unspecified atom stereocenters. The van der Waals surface area contributed by atoms with Crippen LogP contribution in [0, 0.1) is 0 Å². The molecule has 3 amide bonds. The zero-order valence-electron chi connectivity index (χ0n) is 15.1. The van der Waals surface area contributed by atoms with E-state index in [4.69, 9.17) is 0 Å². The van der Waals surface area contributed by atoms with Crippen LogP contribution in [0.25, 0.3) is 0 Å². The van der Waals surface area contributed by atoms with E-state index in [2.05, 4.69) is 16.0 Å². The summed E-state index contributed by atoms with van der Waals surface area (Å²) in [4.78, 5) is 23.8. The summed E-state index contributed by atoms with van der Waals surface area (Å²) in [6.07, 6.45) is 0.0833. The van der Waals surface area contributed by atoms with E-state index in [0.717, 1.165) is 4.31 Å². The molecule has 0 radical (unpaired) electrons. The number of nitrogens with zero attached hydrogens (tertiary/aromatic N) is 1. The normalized spacial score (nSPS) is 11.1. The van der Waals surface area contributed by atoms with Crippen LogP contribution in [0.3, 0.4) is 0 Å². The van der Waals surface area contributed by atoms with Crippen molar-refractivity contribution < 1.29 is 18.0 Å². The molecule has 144 valence electrons. The average molecular weight is 390 g/mol. The van der Waals surface area contributed by atoms with Crippen LogP contribution in [-0.2, 0) is 14.8 Å². The molecule has 2 aromatic carbocycles. The first-order valence-corrected chi connectivity index (χ1v) is 9.65. The van der Waals surface area contributed by atoms with E-state index in [1.165, 1.54) is 38.4 Å². The summed E-state index contributed by atoms with van der Waals surface area (Å²) in [5.74, 6) is -0.293. The third-order valence-corrected chi connectivity index (χ3v) is 5.42. The van der Waals surface area contributed by atoms with E-state index in [0.29, 0.717) is 11.4 Å². The maximum Gasteiger partial charge on any atom is 0.319 e. The Morgan fingerprint density at radius 2 is 1.48 bits per heavy atom. The molecule has 0 aliphatic carbocycles. The van der Waals surface area contributed by atoms with Gasteiger partial charge in [0.2, 0.25) is 15.9 Å². The van der Waals surface area contributed by atoms with Gasteiger partial charge in [0.15, 0.2) is 0 Å². The van der Waals surface area contributed by atoms with Gasteiger partial charge in [-0.3, -0.25) is 4.79 Å². The fraction of sp³-hybridized carbons (Fsp3) is 0.222. The zero-order valence-corrected chi connectivity index (χ0v) is 15.9. The Bertz CT molecular complexity index is 881. The lowest BCUT2D eigenvalue weighted by Crippen LogP contribution is -2.31. The predicted octanol–water partition coefficient (Wildman–Crippen LogP) is 2.09. The number of benzene rings is 2. The molecule has 0 aliphatic rings. The van der Waals surface area contributed by atoms with Crippen molar-refractivity contribution in [3.8, 4) is 0 Å². The highest BCUT2D eigenvalue weighted by atomic mass is 32.2. The number of sulfonamides is 1. The van der Waals surface area contributed by atoms with Gasteiger partial charge in [0.05, 0.1) is 4.90 Å². The van der Waals surface area contributed by atoms with Crippen LogP contribution in [0.5, 0.6) is 0 Å². The number of nitrogens with one attached hydrogen (secondary N) is 3. The fourth-order valence-corrected chi connectivity index (χ4v) is 3.03. The first kappa shape index (κ1) is 20.4. The molecule has 9 heteroatoms. The third kappa shape index (κ3) is 6.08. The van der Waals surface area contributed by atoms with E-state index < -0.39 is 16.1 Å². The molecule has 0 aliphatic heterocycles. The van der Waals surface area contributed by atoms with Crippen LogP contribution < -0.4 is 16.0 Å². The lowest BCUT2D eigenvalue weighted by atomic mass is 10.3. The second-order valence-corrected chi connectivity index (χ2v) is 8.01. The number of para-hydroxylation sites is 1. The molecule has 8 nitrogen and oxygen atoms in total. The highest BCUT2D eigenvalue weighted by Crippen LogP contribution is 2.16. The highest BCUT2D eigenvalue weighted by Gasteiger charge is 2.16. The molecule has 0 heterocycles. The standard InChI is InChI=1S/C18H22N4O4S/c1-22(2)27(25,26)16-10-8-15(9-11-16)20-17(23)12-13-19-18(24)21-14-6-4-3-5-7-14/h3-11H,12-13H2,1-2H3,(H,20,23)(H2,19,21,24). The molecule has 3 N–H and O–H groups in total. The van der Waals surface area contributed by atoms with Crippen molar-refractivity contribution in [2.45, 2.75) is 11.3 Å². The van der Waals surface area contributed by atoms with Gasteiger partial charge in [-0.05, 0) is 36.4 Å². The molecule has 0 spiro atoms. The second-order valence-electron chi connectivity index (χ2n) is 5.86. The molecule has 2 aromatic rings. The molecule has 0 saturated carbocycles. The van der Waals surface area contributed by atoms with Crippen molar-refractivity contribution in [3.05, 3.63) is 54.6 Å². The number of rotatable bonds is 7. The van der Waals surface area contributed by atoms with E-state index in [-0.39, 0.29) is 23.8 Å². The van der Waals surface area contributed by atoms with Crippen molar-refractivity contribution >= 4 is 33.3 Å². The molecule has 0 saturated heterocycles. The SMILES string of the molecule is CN(C)S(=O)(=O)c1ccc(NC(=O)CCNC(=O)Nc2ccccc2)cc1. The number of carbonyl (C=O) groups is 2. The number of carbonyl (C=O) groups excluding carboxylic acids is 2. The number of amides is 3. The van der Waals surface area contributed by atoms with Gasteiger partial charge < -0.3 is 16.0 Å². The summed E-state index contributed by atoms with van der Waals surface area (Å²) in [5, 5.41) is 7.90. The van der Waals surface area contributed by atoms with Crippen LogP contribution in [-0.4, -0.2) is 45.3 Å². The van der Waals surface area contributed by atoms with Gasteiger partial charge in [0.25, 0.3) is 0 Å². The monoisotopic (exact) mass is 390 g/mol. The quantitative estimate of drug-likeness (QED) is 0.673. The Morgan fingerprint density at radius 1 is 0.889 bits per heavy atom. The zero-order chi connectivity index (χ0) is 19.9. The smallest absolute Gasteiger partial charge is 0.319 e. The van der Waals surface area contributed by atoms with Crippen molar-refractivity contribution in [1.29, 1.82) is 0 Å². The van der Waals surface area contributed by atoms with Crippen molar-refractivity contribution in [1.82, 2.24) is 9.62 Å². The van der Waals surface area contributed by atoms with Gasteiger partial charge in [-0.25, -0.2) is 17.5 Å². The Kier molecular flexibility index (Phi) is 6.91. The van der Waals surface area contributed by atoms with E-state index in [1.807, 2.05) is 6.07 Å². The average Bonchev–Trinajstić information content (AvgIpc) is 2.63. The van der Waals surface area contributed by atoms with Gasteiger partial charge in [0, 0.05) is 38.4 Å². The predicted molar refractivity (Wildman–Crippen MR) is 104 cm³/mol. The Hall–Kier alpha value is -2.91. The molecule has 0 atom stereocenters. The second kappa shape index (κ2) is 9.15. The summed E-state index contributed by atoms with van der Waals surface area (Å²) in [5.41, 5.74) is 1.14.